The molecule has 2 aromatic heterocycles. The molecule has 0 spiro atoms. The first-order chi connectivity index (χ1) is 11.1. The predicted octanol–water partition coefficient (Wildman–Crippen LogP) is 1.59. The summed E-state index contributed by atoms with van der Waals surface area (Å²) in [5.74, 6) is 0.745. The van der Waals surface area contributed by atoms with E-state index in [0.717, 1.165) is 12.2 Å². The molecule has 0 saturated carbocycles. The molecule has 0 bridgehead atoms. The van der Waals surface area contributed by atoms with Crippen LogP contribution >= 0.6 is 11.3 Å². The Morgan fingerprint density at radius 3 is 3.17 bits per heavy atom. The molecule has 124 valence electrons. The Labute approximate surface area is 139 Å². The fraction of sp³-hybridized carbons (Fsp3) is 0.533. The SMILES string of the molecule is CC(Cc1cccs1)NC(=O)N1CCOC(c2nncn2C)C1. The second-order valence-electron chi connectivity index (χ2n) is 5.74. The van der Waals surface area contributed by atoms with Crippen molar-refractivity contribution in [1.29, 1.82) is 0 Å². The van der Waals surface area contributed by atoms with Crippen molar-refractivity contribution in [2.75, 3.05) is 19.7 Å². The Balaban J connectivity index is 1.55. The number of aryl methyl sites for hydroxylation is 1. The number of hydrogen-bond acceptors (Lipinski definition) is 5. The molecule has 2 amide bonds. The van der Waals surface area contributed by atoms with Crippen molar-refractivity contribution in [3.63, 3.8) is 0 Å². The summed E-state index contributed by atoms with van der Waals surface area (Å²) in [5, 5.41) is 13.1. The second kappa shape index (κ2) is 7.10. The molecule has 0 aliphatic carbocycles. The Morgan fingerprint density at radius 1 is 1.61 bits per heavy atom. The molecule has 8 heteroatoms. The number of thiophene rings is 1. The zero-order valence-electron chi connectivity index (χ0n) is 13.3. The molecule has 2 aromatic rings. The van der Waals surface area contributed by atoms with Crippen molar-refractivity contribution in [3.05, 3.63) is 34.5 Å². The lowest BCUT2D eigenvalue weighted by molar-refractivity contribution is -0.0217. The van der Waals surface area contributed by atoms with E-state index in [1.165, 1.54) is 4.88 Å². The number of nitrogens with zero attached hydrogens (tertiary/aromatic N) is 4. The van der Waals surface area contributed by atoms with E-state index < -0.39 is 0 Å². The fourth-order valence-electron chi connectivity index (χ4n) is 2.66. The Morgan fingerprint density at radius 2 is 2.48 bits per heavy atom. The van der Waals surface area contributed by atoms with Crippen LogP contribution in [0.3, 0.4) is 0 Å². The van der Waals surface area contributed by atoms with Gasteiger partial charge in [0.2, 0.25) is 0 Å². The first kappa shape index (κ1) is 15.9. The average molecular weight is 335 g/mol. The van der Waals surface area contributed by atoms with E-state index in [1.807, 2.05) is 24.6 Å². The lowest BCUT2D eigenvalue weighted by Gasteiger charge is -2.33. The molecule has 3 heterocycles. The van der Waals surface area contributed by atoms with Gasteiger partial charge >= 0.3 is 6.03 Å². The number of amides is 2. The third kappa shape index (κ3) is 3.89. The van der Waals surface area contributed by atoms with Crippen LogP contribution in [-0.4, -0.2) is 51.4 Å². The van der Waals surface area contributed by atoms with Gasteiger partial charge < -0.3 is 19.5 Å². The quantitative estimate of drug-likeness (QED) is 0.921. The normalized spacial score (nSPS) is 19.6. The number of ether oxygens (including phenoxy) is 1. The molecule has 7 nitrogen and oxygen atoms in total. The van der Waals surface area contributed by atoms with Crippen LogP contribution in [0.15, 0.2) is 23.8 Å². The van der Waals surface area contributed by atoms with E-state index in [-0.39, 0.29) is 18.2 Å². The van der Waals surface area contributed by atoms with Gasteiger partial charge in [-0.1, -0.05) is 6.07 Å². The molecule has 1 fully saturated rings. The number of carbonyl (C=O) groups is 1. The molecule has 1 N–H and O–H groups in total. The van der Waals surface area contributed by atoms with Gasteiger partial charge in [0, 0.05) is 30.9 Å². The van der Waals surface area contributed by atoms with E-state index >= 15 is 0 Å². The molecule has 1 saturated heterocycles. The van der Waals surface area contributed by atoms with Crippen LogP contribution in [0.2, 0.25) is 0 Å². The number of morpholine rings is 1. The Kier molecular flexibility index (Phi) is 4.92. The van der Waals surface area contributed by atoms with Crippen LogP contribution in [0.5, 0.6) is 0 Å². The average Bonchev–Trinajstić information content (AvgIpc) is 3.19. The van der Waals surface area contributed by atoms with E-state index in [4.69, 9.17) is 4.74 Å². The van der Waals surface area contributed by atoms with Crippen LogP contribution in [0.25, 0.3) is 0 Å². The summed E-state index contributed by atoms with van der Waals surface area (Å²) >= 11 is 1.71. The van der Waals surface area contributed by atoms with Crippen LogP contribution in [0.1, 0.15) is 23.7 Å². The van der Waals surface area contributed by atoms with Gasteiger partial charge in [0.25, 0.3) is 0 Å². The minimum Gasteiger partial charge on any atom is -0.366 e. The highest BCUT2D eigenvalue weighted by atomic mass is 32.1. The van der Waals surface area contributed by atoms with Crippen molar-refractivity contribution in [3.8, 4) is 0 Å². The number of carbonyl (C=O) groups excluding carboxylic acids is 1. The first-order valence-electron chi connectivity index (χ1n) is 7.67. The van der Waals surface area contributed by atoms with Gasteiger partial charge in [-0.2, -0.15) is 0 Å². The highest BCUT2D eigenvalue weighted by Crippen LogP contribution is 2.20. The van der Waals surface area contributed by atoms with Crippen molar-refractivity contribution in [1.82, 2.24) is 25.0 Å². The summed E-state index contributed by atoms with van der Waals surface area (Å²) in [4.78, 5) is 15.5. The molecular weight excluding hydrogens is 314 g/mol. The minimum atomic E-state index is -0.227. The zero-order chi connectivity index (χ0) is 16.2. The first-order valence-corrected chi connectivity index (χ1v) is 8.54. The summed E-state index contributed by atoms with van der Waals surface area (Å²) in [7, 11) is 1.88. The highest BCUT2D eigenvalue weighted by molar-refractivity contribution is 7.09. The molecule has 3 rings (SSSR count). The summed E-state index contributed by atoms with van der Waals surface area (Å²) in [6, 6.07) is 4.16. The molecule has 0 radical (unpaired) electrons. The molecular formula is C15H21N5O2S. The molecule has 2 unspecified atom stereocenters. The van der Waals surface area contributed by atoms with E-state index in [2.05, 4.69) is 27.0 Å². The maximum Gasteiger partial charge on any atom is 0.317 e. The summed E-state index contributed by atoms with van der Waals surface area (Å²) in [6.45, 7) is 3.61. The Bertz CT molecular complexity index is 642. The van der Waals surface area contributed by atoms with Crippen molar-refractivity contribution in [2.24, 2.45) is 7.05 Å². The van der Waals surface area contributed by atoms with Gasteiger partial charge in [-0.15, -0.1) is 21.5 Å². The van der Waals surface area contributed by atoms with E-state index in [9.17, 15) is 4.79 Å². The van der Waals surface area contributed by atoms with Gasteiger partial charge in [0.1, 0.15) is 12.4 Å². The van der Waals surface area contributed by atoms with Gasteiger partial charge in [0.15, 0.2) is 5.82 Å². The number of nitrogens with one attached hydrogen (secondary N) is 1. The van der Waals surface area contributed by atoms with E-state index in [1.54, 1.807) is 22.6 Å². The Hall–Kier alpha value is -1.93. The fourth-order valence-corrected chi connectivity index (χ4v) is 3.49. The van der Waals surface area contributed by atoms with Crippen LogP contribution in [-0.2, 0) is 18.2 Å². The van der Waals surface area contributed by atoms with Crippen LogP contribution in [0.4, 0.5) is 4.79 Å². The third-order valence-electron chi connectivity index (χ3n) is 3.85. The summed E-state index contributed by atoms with van der Waals surface area (Å²) in [6.07, 6.45) is 2.26. The largest absolute Gasteiger partial charge is 0.366 e. The minimum absolute atomic E-state index is 0.0514. The van der Waals surface area contributed by atoms with Gasteiger partial charge in [0.05, 0.1) is 13.2 Å². The smallest absolute Gasteiger partial charge is 0.317 e. The number of hydrogen-bond donors (Lipinski definition) is 1. The topological polar surface area (TPSA) is 72.3 Å². The molecule has 1 aliphatic rings. The molecule has 0 aromatic carbocycles. The maximum absolute atomic E-state index is 12.5. The van der Waals surface area contributed by atoms with Gasteiger partial charge in [-0.05, 0) is 18.4 Å². The lowest BCUT2D eigenvalue weighted by atomic mass is 10.2. The van der Waals surface area contributed by atoms with Crippen LogP contribution < -0.4 is 5.32 Å². The third-order valence-corrected chi connectivity index (χ3v) is 4.74. The number of aromatic nitrogens is 3. The zero-order valence-corrected chi connectivity index (χ0v) is 14.1. The van der Waals surface area contributed by atoms with Crippen LogP contribution in [0, 0.1) is 0 Å². The van der Waals surface area contributed by atoms with Crippen molar-refractivity contribution < 1.29 is 9.53 Å². The second-order valence-corrected chi connectivity index (χ2v) is 6.77. The molecule has 2 atom stereocenters. The highest BCUT2D eigenvalue weighted by Gasteiger charge is 2.28. The molecule has 1 aliphatic heterocycles. The van der Waals surface area contributed by atoms with Gasteiger partial charge in [-0.3, -0.25) is 0 Å². The summed E-state index contributed by atoms with van der Waals surface area (Å²) in [5.41, 5.74) is 0. The standard InChI is InChI=1S/C15H21N5O2S/c1-11(8-12-4-3-7-23-12)17-15(21)20-5-6-22-13(9-20)14-18-16-10-19(14)2/h3-4,7,10-11,13H,5-6,8-9H2,1-2H3,(H,17,21). The summed E-state index contributed by atoms with van der Waals surface area (Å²) < 4.78 is 7.56. The van der Waals surface area contributed by atoms with Crippen molar-refractivity contribution in [2.45, 2.75) is 25.5 Å². The number of urea groups is 1. The van der Waals surface area contributed by atoms with Gasteiger partial charge in [-0.25, -0.2) is 4.79 Å². The monoisotopic (exact) mass is 335 g/mol. The molecule has 23 heavy (non-hydrogen) atoms. The lowest BCUT2D eigenvalue weighted by Crippen LogP contribution is -2.50. The van der Waals surface area contributed by atoms with Crippen molar-refractivity contribution >= 4 is 17.4 Å². The maximum atomic E-state index is 12.5. The number of rotatable bonds is 4. The predicted molar refractivity (Wildman–Crippen MR) is 87.3 cm³/mol. The van der Waals surface area contributed by atoms with E-state index in [0.29, 0.717) is 19.7 Å².